The van der Waals surface area contributed by atoms with E-state index in [1.165, 1.54) is 6.07 Å². The molecule has 0 aliphatic carbocycles. The van der Waals surface area contributed by atoms with Crippen molar-refractivity contribution in [3.63, 3.8) is 0 Å². The third-order valence-electron chi connectivity index (χ3n) is 2.36. The zero-order valence-corrected chi connectivity index (χ0v) is 9.99. The van der Waals surface area contributed by atoms with E-state index in [2.05, 4.69) is 10.2 Å². The molecule has 0 radical (unpaired) electrons. The molecule has 2 rings (SSSR count). The number of hydrogen-bond acceptors (Lipinski definition) is 3. The zero-order valence-electron chi connectivity index (χ0n) is 9.23. The summed E-state index contributed by atoms with van der Waals surface area (Å²) in [7, 11) is 1.74. The van der Waals surface area contributed by atoms with Gasteiger partial charge in [-0.1, -0.05) is 23.3 Å². The molecule has 1 aromatic heterocycles. The third-order valence-corrected chi connectivity index (χ3v) is 2.60. The van der Waals surface area contributed by atoms with E-state index in [1.807, 2.05) is 0 Å². The summed E-state index contributed by atoms with van der Waals surface area (Å²) < 4.78 is 20.3. The molecule has 0 bridgehead atoms. The molecule has 17 heavy (non-hydrogen) atoms. The summed E-state index contributed by atoms with van der Waals surface area (Å²) in [6.07, 6.45) is 0. The van der Waals surface area contributed by atoms with Gasteiger partial charge in [0.1, 0.15) is 18.2 Å². The van der Waals surface area contributed by atoms with Gasteiger partial charge in [0.2, 0.25) is 0 Å². The average Bonchev–Trinajstić information content (AvgIpc) is 2.69. The topological polar surface area (TPSA) is 39.9 Å². The Balaban J connectivity index is 2.07. The highest BCUT2D eigenvalue weighted by Gasteiger charge is 2.09. The summed E-state index contributed by atoms with van der Waals surface area (Å²) in [5.41, 5.74) is 0.475. The van der Waals surface area contributed by atoms with Crippen molar-refractivity contribution >= 4 is 11.6 Å². The lowest BCUT2D eigenvalue weighted by molar-refractivity contribution is 0.265. The van der Waals surface area contributed by atoms with Crippen LogP contribution in [-0.2, 0) is 19.5 Å². The fraction of sp³-hybridized carbons (Fsp3) is 0.273. The minimum absolute atomic E-state index is 0.112. The molecule has 0 spiro atoms. The molecule has 90 valence electrons. The zero-order chi connectivity index (χ0) is 12.3. The van der Waals surface area contributed by atoms with Gasteiger partial charge in [0.05, 0.1) is 5.88 Å². The fourth-order valence-electron chi connectivity index (χ4n) is 1.34. The van der Waals surface area contributed by atoms with Gasteiger partial charge in [-0.15, -0.1) is 16.7 Å². The van der Waals surface area contributed by atoms with E-state index in [0.29, 0.717) is 17.4 Å². The Bertz CT molecular complexity index is 515. The molecule has 0 atom stereocenters. The molecule has 0 amide bonds. The second kappa shape index (κ2) is 5.14. The summed E-state index contributed by atoms with van der Waals surface area (Å²) in [6, 6.07) is 6.76. The third kappa shape index (κ3) is 2.55. The van der Waals surface area contributed by atoms with Crippen LogP contribution in [0.4, 0.5) is 4.39 Å². The van der Waals surface area contributed by atoms with Crippen molar-refractivity contribution in [1.82, 2.24) is 14.8 Å². The largest absolute Gasteiger partial charge is 0.459 e. The van der Waals surface area contributed by atoms with Crippen molar-refractivity contribution < 1.29 is 9.13 Å². The molecule has 1 aromatic carbocycles. The maximum absolute atomic E-state index is 13.3. The van der Waals surface area contributed by atoms with E-state index in [4.69, 9.17) is 16.3 Å². The highest BCUT2D eigenvalue weighted by molar-refractivity contribution is 6.16. The summed E-state index contributed by atoms with van der Waals surface area (Å²) in [5.74, 6) is 0.564. The minimum atomic E-state index is -0.299. The Morgan fingerprint density at radius 2 is 2.12 bits per heavy atom. The summed E-state index contributed by atoms with van der Waals surface area (Å²) in [6.45, 7) is 0.112. The number of alkyl halides is 1. The Morgan fingerprint density at radius 3 is 2.76 bits per heavy atom. The number of aromatic nitrogens is 3. The quantitative estimate of drug-likeness (QED) is 0.787. The molecule has 2 aromatic rings. The molecule has 1 heterocycles. The molecule has 0 aliphatic heterocycles. The van der Waals surface area contributed by atoms with Crippen LogP contribution in [0, 0.1) is 5.82 Å². The summed E-state index contributed by atoms with van der Waals surface area (Å²) in [5, 5.41) is 7.65. The monoisotopic (exact) mass is 255 g/mol. The van der Waals surface area contributed by atoms with Crippen LogP contribution >= 0.6 is 11.6 Å². The van der Waals surface area contributed by atoms with Crippen molar-refractivity contribution in [1.29, 1.82) is 0 Å². The van der Waals surface area contributed by atoms with Gasteiger partial charge in [0, 0.05) is 12.6 Å². The number of hydrogen-bond donors (Lipinski definition) is 0. The standard InChI is InChI=1S/C11H11ClFN3O/c1-16-10(6-12)14-15-11(16)17-7-8-4-2-3-5-9(8)13/h2-5H,6-7H2,1H3. The fourth-order valence-corrected chi connectivity index (χ4v) is 1.58. The van der Waals surface area contributed by atoms with Crippen molar-refractivity contribution in [3.8, 4) is 6.01 Å². The Morgan fingerprint density at radius 1 is 1.35 bits per heavy atom. The second-order valence-electron chi connectivity index (χ2n) is 3.47. The molecule has 6 heteroatoms. The Kier molecular flexibility index (Phi) is 3.58. The molecule has 0 N–H and O–H groups in total. The molecule has 0 unspecified atom stereocenters. The second-order valence-corrected chi connectivity index (χ2v) is 3.74. The highest BCUT2D eigenvalue weighted by atomic mass is 35.5. The maximum atomic E-state index is 13.3. The van der Waals surface area contributed by atoms with Crippen LogP contribution in [0.3, 0.4) is 0 Å². The first-order chi connectivity index (χ1) is 8.22. The molecule has 0 saturated carbocycles. The lowest BCUT2D eigenvalue weighted by Crippen LogP contribution is -2.03. The van der Waals surface area contributed by atoms with Crippen LogP contribution in [0.25, 0.3) is 0 Å². The molecular weight excluding hydrogens is 245 g/mol. The van der Waals surface area contributed by atoms with Crippen molar-refractivity contribution in [2.45, 2.75) is 12.5 Å². The molecular formula is C11H11ClFN3O. The summed E-state index contributed by atoms with van der Waals surface area (Å²) >= 11 is 5.65. The van der Waals surface area contributed by atoms with E-state index >= 15 is 0 Å². The Hall–Kier alpha value is -1.62. The molecule has 0 aliphatic rings. The molecule has 0 fully saturated rings. The first-order valence-corrected chi connectivity index (χ1v) is 5.56. The first kappa shape index (κ1) is 11.9. The normalized spacial score (nSPS) is 10.5. The van der Waals surface area contributed by atoms with E-state index in [9.17, 15) is 4.39 Å². The van der Waals surface area contributed by atoms with E-state index in [0.717, 1.165) is 0 Å². The minimum Gasteiger partial charge on any atom is -0.459 e. The average molecular weight is 256 g/mol. The number of nitrogens with zero attached hydrogens (tertiary/aromatic N) is 3. The molecule has 4 nitrogen and oxygen atoms in total. The SMILES string of the molecule is Cn1c(CCl)nnc1OCc1ccccc1F. The van der Waals surface area contributed by atoms with Crippen LogP contribution in [0.2, 0.25) is 0 Å². The number of rotatable bonds is 4. The number of benzene rings is 1. The predicted octanol–water partition coefficient (Wildman–Crippen LogP) is 2.27. The maximum Gasteiger partial charge on any atom is 0.317 e. The predicted molar refractivity (Wildman–Crippen MR) is 61.3 cm³/mol. The number of ether oxygens (including phenoxy) is 1. The van der Waals surface area contributed by atoms with Gasteiger partial charge in [-0.25, -0.2) is 4.39 Å². The van der Waals surface area contributed by atoms with Gasteiger partial charge in [-0.3, -0.25) is 4.57 Å². The van der Waals surface area contributed by atoms with Crippen LogP contribution in [0.15, 0.2) is 24.3 Å². The van der Waals surface area contributed by atoms with E-state index < -0.39 is 0 Å². The molecule has 0 saturated heterocycles. The first-order valence-electron chi connectivity index (χ1n) is 5.03. The van der Waals surface area contributed by atoms with Gasteiger partial charge in [0.15, 0.2) is 0 Å². The van der Waals surface area contributed by atoms with Crippen molar-refractivity contribution in [3.05, 3.63) is 41.5 Å². The lowest BCUT2D eigenvalue weighted by atomic mass is 10.2. The van der Waals surface area contributed by atoms with Gasteiger partial charge < -0.3 is 4.74 Å². The smallest absolute Gasteiger partial charge is 0.317 e. The van der Waals surface area contributed by atoms with Crippen molar-refractivity contribution in [2.75, 3.05) is 0 Å². The Labute approximate surface area is 103 Å². The lowest BCUT2D eigenvalue weighted by Gasteiger charge is -2.06. The summed E-state index contributed by atoms with van der Waals surface area (Å²) in [4.78, 5) is 0. The number of halogens is 2. The highest BCUT2D eigenvalue weighted by Crippen LogP contribution is 2.13. The van der Waals surface area contributed by atoms with Crippen LogP contribution < -0.4 is 4.74 Å². The van der Waals surface area contributed by atoms with Crippen molar-refractivity contribution in [2.24, 2.45) is 7.05 Å². The van der Waals surface area contributed by atoms with E-state index in [1.54, 1.807) is 29.8 Å². The van der Waals surface area contributed by atoms with Crippen LogP contribution in [0.1, 0.15) is 11.4 Å². The van der Waals surface area contributed by atoms with Gasteiger partial charge in [-0.05, 0) is 6.07 Å². The van der Waals surface area contributed by atoms with E-state index in [-0.39, 0.29) is 18.3 Å². The van der Waals surface area contributed by atoms with Gasteiger partial charge in [-0.2, -0.15) is 0 Å². The van der Waals surface area contributed by atoms with Crippen LogP contribution in [0.5, 0.6) is 6.01 Å². The van der Waals surface area contributed by atoms with Crippen LogP contribution in [-0.4, -0.2) is 14.8 Å². The van der Waals surface area contributed by atoms with Gasteiger partial charge >= 0.3 is 6.01 Å². The van der Waals surface area contributed by atoms with Gasteiger partial charge in [0.25, 0.3) is 0 Å².